The van der Waals surface area contributed by atoms with Gasteiger partial charge in [-0.15, -0.1) is 4.41 Å². The van der Waals surface area contributed by atoms with E-state index in [0.29, 0.717) is 15.4 Å². The van der Waals surface area contributed by atoms with Gasteiger partial charge in [-0.3, -0.25) is 4.79 Å². The van der Waals surface area contributed by atoms with Gasteiger partial charge in [-0.05, 0) is 6.07 Å². The van der Waals surface area contributed by atoms with Crippen molar-refractivity contribution in [1.82, 2.24) is 8.83 Å². The Bertz CT molecular complexity index is 719. The molecule has 1 saturated heterocycles. The molecule has 1 aromatic heterocycles. The van der Waals surface area contributed by atoms with Crippen LogP contribution in [0.5, 0.6) is 0 Å². The Labute approximate surface area is 97.2 Å². The number of nitrogens with zero attached hydrogens (tertiary/aromatic N) is 2. The molecule has 1 atom stereocenters. The summed E-state index contributed by atoms with van der Waals surface area (Å²) in [6.07, 6.45) is 1.27. The van der Waals surface area contributed by atoms with Gasteiger partial charge in [-0.2, -0.15) is 8.42 Å². The molecule has 17 heavy (non-hydrogen) atoms. The van der Waals surface area contributed by atoms with Crippen LogP contribution in [0.1, 0.15) is 10.4 Å². The van der Waals surface area contributed by atoms with Gasteiger partial charge < -0.3 is 4.42 Å². The van der Waals surface area contributed by atoms with Gasteiger partial charge >= 0.3 is 10.2 Å². The Morgan fingerprint density at radius 2 is 1.94 bits per heavy atom. The van der Waals surface area contributed by atoms with Crippen molar-refractivity contribution in [3.05, 3.63) is 36.1 Å². The molecule has 6 nitrogen and oxygen atoms in total. The Morgan fingerprint density at radius 1 is 1.29 bits per heavy atom. The first kappa shape index (κ1) is 10.3. The summed E-state index contributed by atoms with van der Waals surface area (Å²) in [4.78, 5) is 12.0. The standard InChI is InChI=1S/C10H8N2O4S/c1-11-12(17(11,14)15)10(13)8-6-16-9-5-3-2-4-7(8)9/h2-6H,1H3. The predicted octanol–water partition coefficient (Wildman–Crippen LogP) is 0.980. The summed E-state index contributed by atoms with van der Waals surface area (Å²) >= 11 is 0. The molecule has 2 heterocycles. The van der Waals surface area contributed by atoms with E-state index in [1.165, 1.54) is 13.3 Å². The molecule has 1 amide bonds. The molecular weight excluding hydrogens is 244 g/mol. The van der Waals surface area contributed by atoms with Crippen LogP contribution in [0.4, 0.5) is 0 Å². The second-order valence-corrected chi connectivity index (χ2v) is 5.41. The highest BCUT2D eigenvalue weighted by Gasteiger charge is 2.54. The molecule has 0 saturated carbocycles. The molecule has 1 unspecified atom stereocenters. The smallest absolute Gasteiger partial charge is 0.339 e. The molecule has 7 heteroatoms. The number of para-hydroxylation sites is 1. The number of benzene rings is 1. The Hall–Kier alpha value is -1.86. The summed E-state index contributed by atoms with van der Waals surface area (Å²) in [6, 6.07) is 6.96. The average molecular weight is 252 g/mol. The number of hydrogen-bond acceptors (Lipinski definition) is 4. The minimum Gasteiger partial charge on any atom is -0.463 e. The molecule has 0 radical (unpaired) electrons. The van der Waals surface area contributed by atoms with Crippen molar-refractivity contribution in [1.29, 1.82) is 0 Å². The predicted molar refractivity (Wildman–Crippen MR) is 59.1 cm³/mol. The van der Waals surface area contributed by atoms with Crippen LogP contribution < -0.4 is 0 Å². The van der Waals surface area contributed by atoms with E-state index < -0.39 is 16.1 Å². The number of hydrazine groups is 1. The van der Waals surface area contributed by atoms with Gasteiger partial charge in [0.2, 0.25) is 0 Å². The summed E-state index contributed by atoms with van der Waals surface area (Å²) in [5, 5.41) is 0.605. The van der Waals surface area contributed by atoms with Crippen molar-refractivity contribution < 1.29 is 17.6 Å². The molecule has 0 aliphatic carbocycles. The Morgan fingerprint density at radius 3 is 2.59 bits per heavy atom. The van der Waals surface area contributed by atoms with E-state index in [0.717, 1.165) is 4.41 Å². The van der Waals surface area contributed by atoms with E-state index >= 15 is 0 Å². The lowest BCUT2D eigenvalue weighted by Crippen LogP contribution is -2.14. The van der Waals surface area contributed by atoms with E-state index in [1.54, 1.807) is 24.3 Å². The molecule has 2 aromatic rings. The van der Waals surface area contributed by atoms with E-state index in [4.69, 9.17) is 4.42 Å². The fourth-order valence-corrected chi connectivity index (χ4v) is 2.69. The minimum atomic E-state index is -3.55. The van der Waals surface area contributed by atoms with Crippen LogP contribution in [0.15, 0.2) is 34.9 Å². The topological polar surface area (TPSA) is 70.4 Å². The molecule has 3 rings (SSSR count). The Balaban J connectivity index is 2.09. The molecule has 88 valence electrons. The molecule has 0 N–H and O–H groups in total. The van der Waals surface area contributed by atoms with Crippen molar-refractivity contribution >= 4 is 27.1 Å². The zero-order chi connectivity index (χ0) is 12.2. The highest BCUT2D eigenvalue weighted by Crippen LogP contribution is 2.31. The minimum absolute atomic E-state index is 0.244. The molecule has 1 aliphatic heterocycles. The van der Waals surface area contributed by atoms with Crippen LogP contribution in [0, 0.1) is 0 Å². The van der Waals surface area contributed by atoms with Crippen LogP contribution >= 0.6 is 0 Å². The SMILES string of the molecule is CN1N(C(=O)c2coc3ccccc23)S1(=O)=O. The third-order valence-corrected chi connectivity index (χ3v) is 4.20. The quantitative estimate of drug-likeness (QED) is 0.709. The van der Waals surface area contributed by atoms with Crippen LogP contribution in [-0.2, 0) is 10.2 Å². The van der Waals surface area contributed by atoms with E-state index in [9.17, 15) is 13.2 Å². The third kappa shape index (κ3) is 1.29. The first-order chi connectivity index (χ1) is 8.03. The zero-order valence-corrected chi connectivity index (χ0v) is 9.64. The van der Waals surface area contributed by atoms with Gasteiger partial charge in [-0.1, -0.05) is 22.6 Å². The molecule has 1 aromatic carbocycles. The maximum atomic E-state index is 12.0. The summed E-state index contributed by atoms with van der Waals surface area (Å²) in [6.45, 7) is 0. The first-order valence-electron chi connectivity index (χ1n) is 4.83. The van der Waals surface area contributed by atoms with Crippen molar-refractivity contribution in [3.63, 3.8) is 0 Å². The number of carbonyl (C=O) groups is 1. The molecule has 0 spiro atoms. The second-order valence-electron chi connectivity index (χ2n) is 3.64. The maximum absolute atomic E-state index is 12.0. The molecule has 0 bridgehead atoms. The number of fused-ring (bicyclic) bond motifs is 1. The summed E-state index contributed by atoms with van der Waals surface area (Å²) in [5.41, 5.74) is 0.797. The lowest BCUT2D eigenvalue weighted by Gasteiger charge is -1.94. The monoisotopic (exact) mass is 252 g/mol. The summed E-state index contributed by atoms with van der Waals surface area (Å²) < 4.78 is 29.3. The van der Waals surface area contributed by atoms with Crippen molar-refractivity contribution in [2.45, 2.75) is 0 Å². The first-order valence-corrected chi connectivity index (χ1v) is 6.23. The van der Waals surface area contributed by atoms with Crippen molar-refractivity contribution in [2.75, 3.05) is 7.05 Å². The number of amides is 1. The highest BCUT2D eigenvalue weighted by molar-refractivity contribution is 7.92. The fraction of sp³-hybridized carbons (Fsp3) is 0.100. The van der Waals surface area contributed by atoms with Crippen LogP contribution in [0.2, 0.25) is 0 Å². The van der Waals surface area contributed by atoms with E-state index in [-0.39, 0.29) is 5.56 Å². The van der Waals surface area contributed by atoms with Gasteiger partial charge in [0.25, 0.3) is 5.91 Å². The van der Waals surface area contributed by atoms with Gasteiger partial charge in [0, 0.05) is 12.4 Å². The van der Waals surface area contributed by atoms with Gasteiger partial charge in [0.15, 0.2) is 0 Å². The largest absolute Gasteiger partial charge is 0.463 e. The van der Waals surface area contributed by atoms with Gasteiger partial charge in [0.1, 0.15) is 11.8 Å². The van der Waals surface area contributed by atoms with E-state index in [2.05, 4.69) is 0 Å². The highest BCUT2D eigenvalue weighted by atomic mass is 32.2. The van der Waals surface area contributed by atoms with Crippen molar-refractivity contribution in [2.24, 2.45) is 0 Å². The molecule has 1 aliphatic rings. The lowest BCUT2D eigenvalue weighted by atomic mass is 10.2. The van der Waals surface area contributed by atoms with Gasteiger partial charge in [0.05, 0.1) is 5.56 Å². The molecule has 1 fully saturated rings. The number of furan rings is 1. The molecular formula is C10H8N2O4S. The van der Waals surface area contributed by atoms with Crippen LogP contribution in [0.3, 0.4) is 0 Å². The van der Waals surface area contributed by atoms with Crippen LogP contribution in [-0.4, -0.2) is 30.2 Å². The van der Waals surface area contributed by atoms with Gasteiger partial charge in [-0.25, -0.2) is 0 Å². The third-order valence-electron chi connectivity index (χ3n) is 2.67. The zero-order valence-electron chi connectivity index (χ0n) is 8.82. The normalized spacial score (nSPS) is 21.7. The van der Waals surface area contributed by atoms with Crippen LogP contribution in [0.25, 0.3) is 11.0 Å². The lowest BCUT2D eigenvalue weighted by molar-refractivity contribution is 0.0833. The Kier molecular flexibility index (Phi) is 1.87. The van der Waals surface area contributed by atoms with E-state index in [1.807, 2.05) is 0 Å². The average Bonchev–Trinajstić information content (AvgIpc) is 2.66. The number of carbonyl (C=O) groups excluding carboxylic acids is 1. The fourth-order valence-electron chi connectivity index (χ4n) is 1.70. The van der Waals surface area contributed by atoms with Crippen molar-refractivity contribution in [3.8, 4) is 0 Å². The second kappa shape index (κ2) is 3.08. The number of rotatable bonds is 1. The summed E-state index contributed by atoms with van der Waals surface area (Å²) in [7, 11) is -2.24. The summed E-state index contributed by atoms with van der Waals surface area (Å²) in [5.74, 6) is -0.600. The number of hydrogen-bond donors (Lipinski definition) is 0. The maximum Gasteiger partial charge on any atom is 0.339 e.